The minimum atomic E-state index is -0.427. The first-order valence-electron chi connectivity index (χ1n) is 10.4. The van der Waals surface area contributed by atoms with Gasteiger partial charge in [-0.3, -0.25) is 9.36 Å². The Morgan fingerprint density at radius 2 is 1.74 bits per heavy atom. The number of benzene rings is 3. The van der Waals surface area contributed by atoms with Crippen LogP contribution in [0.25, 0.3) is 28.0 Å². The number of aromatic nitrogens is 4. The highest BCUT2D eigenvalue weighted by Crippen LogP contribution is 2.35. The van der Waals surface area contributed by atoms with Crippen molar-refractivity contribution in [1.82, 2.24) is 19.7 Å². The van der Waals surface area contributed by atoms with E-state index in [1.165, 1.54) is 52.7 Å². The lowest BCUT2D eigenvalue weighted by Gasteiger charge is -2.13. The molecule has 6 rings (SSSR count). The first-order chi connectivity index (χ1) is 17.0. The maximum absolute atomic E-state index is 13.6. The number of rotatable bonds is 5. The summed E-state index contributed by atoms with van der Waals surface area (Å²) in [5, 5.41) is 4.57. The number of hydrogen-bond donors (Lipinski definition) is 0. The molecule has 1 aliphatic heterocycles. The minimum Gasteiger partial charge on any atom is -0.454 e. The molecule has 174 valence electrons. The van der Waals surface area contributed by atoms with Crippen LogP contribution in [0, 0.1) is 11.6 Å². The Balaban J connectivity index is 1.40. The van der Waals surface area contributed by atoms with Crippen LogP contribution >= 0.6 is 11.8 Å². The molecule has 0 bridgehead atoms. The van der Waals surface area contributed by atoms with Crippen LogP contribution in [0.5, 0.6) is 11.5 Å². The van der Waals surface area contributed by atoms with E-state index in [9.17, 15) is 13.6 Å². The van der Waals surface area contributed by atoms with Crippen molar-refractivity contribution < 1.29 is 22.8 Å². The normalized spacial score (nSPS) is 12.4. The van der Waals surface area contributed by atoms with E-state index in [-0.39, 0.29) is 29.8 Å². The lowest BCUT2D eigenvalue weighted by Crippen LogP contribution is -2.21. The third-order valence-corrected chi connectivity index (χ3v) is 6.22. The summed E-state index contributed by atoms with van der Waals surface area (Å²) in [5.41, 5.74) is 0.990. The zero-order chi connectivity index (χ0) is 23.9. The van der Waals surface area contributed by atoms with Crippen molar-refractivity contribution in [2.45, 2.75) is 10.9 Å². The molecule has 0 radical (unpaired) electrons. The zero-order valence-corrected chi connectivity index (χ0v) is 18.6. The van der Waals surface area contributed by atoms with Gasteiger partial charge in [0, 0.05) is 11.6 Å². The van der Waals surface area contributed by atoms with E-state index >= 15 is 0 Å². The second-order valence-electron chi connectivity index (χ2n) is 7.54. The van der Waals surface area contributed by atoms with Crippen LogP contribution in [0.15, 0.2) is 75.1 Å². The Morgan fingerprint density at radius 3 is 2.54 bits per heavy atom. The van der Waals surface area contributed by atoms with Gasteiger partial charge < -0.3 is 14.0 Å². The summed E-state index contributed by atoms with van der Waals surface area (Å²) >= 11 is 1.19. The van der Waals surface area contributed by atoms with Crippen molar-refractivity contribution >= 4 is 22.7 Å². The van der Waals surface area contributed by atoms with E-state index < -0.39 is 11.6 Å². The molecule has 3 heterocycles. The third kappa shape index (κ3) is 3.99. The Bertz CT molecular complexity index is 1640. The lowest BCUT2D eigenvalue weighted by molar-refractivity contribution is 0.174. The molecule has 2 aromatic heterocycles. The van der Waals surface area contributed by atoms with E-state index in [2.05, 4.69) is 15.1 Å². The molecule has 0 N–H and O–H groups in total. The molecule has 0 saturated heterocycles. The summed E-state index contributed by atoms with van der Waals surface area (Å²) in [6.07, 6.45) is 0. The number of ether oxygens (including phenoxy) is 2. The summed E-state index contributed by atoms with van der Waals surface area (Å²) < 4.78 is 44.6. The zero-order valence-electron chi connectivity index (χ0n) is 17.8. The van der Waals surface area contributed by atoms with E-state index in [4.69, 9.17) is 14.0 Å². The van der Waals surface area contributed by atoms with Crippen molar-refractivity contribution in [3.8, 4) is 28.6 Å². The van der Waals surface area contributed by atoms with Crippen molar-refractivity contribution in [3.05, 3.63) is 88.5 Å². The Morgan fingerprint density at radius 1 is 0.943 bits per heavy atom. The highest BCUT2D eigenvalue weighted by atomic mass is 32.2. The van der Waals surface area contributed by atoms with Crippen molar-refractivity contribution in [3.63, 3.8) is 0 Å². The van der Waals surface area contributed by atoms with Crippen LogP contribution in [-0.4, -0.2) is 26.5 Å². The molecule has 0 spiro atoms. The summed E-state index contributed by atoms with van der Waals surface area (Å²) in [6.45, 7) is 0.0597. The van der Waals surface area contributed by atoms with E-state index in [1.54, 1.807) is 24.3 Å². The second-order valence-corrected chi connectivity index (χ2v) is 8.49. The van der Waals surface area contributed by atoms with Crippen LogP contribution in [0.2, 0.25) is 0 Å². The van der Waals surface area contributed by atoms with Crippen molar-refractivity contribution in [2.75, 3.05) is 6.79 Å². The molecule has 11 heteroatoms. The molecule has 3 aromatic carbocycles. The van der Waals surface area contributed by atoms with Crippen LogP contribution in [-0.2, 0) is 5.75 Å². The number of fused-ring (bicyclic) bond motifs is 2. The van der Waals surface area contributed by atoms with Crippen LogP contribution < -0.4 is 15.0 Å². The number of nitrogens with zero attached hydrogens (tertiary/aromatic N) is 4. The molecule has 8 nitrogen and oxygen atoms in total. The van der Waals surface area contributed by atoms with E-state index in [0.29, 0.717) is 38.8 Å². The van der Waals surface area contributed by atoms with E-state index in [0.717, 1.165) is 0 Å². The van der Waals surface area contributed by atoms with Gasteiger partial charge >= 0.3 is 0 Å². The first kappa shape index (κ1) is 21.3. The molecule has 0 saturated carbocycles. The van der Waals surface area contributed by atoms with Crippen LogP contribution in [0.1, 0.15) is 5.89 Å². The fraction of sp³-hybridized carbons (Fsp3) is 0.0833. The molecule has 5 aromatic rings. The third-order valence-electron chi connectivity index (χ3n) is 5.29. The smallest absolute Gasteiger partial charge is 0.266 e. The van der Waals surface area contributed by atoms with Gasteiger partial charge in [-0.25, -0.2) is 13.8 Å². The fourth-order valence-electron chi connectivity index (χ4n) is 3.65. The SMILES string of the molecule is O=c1c2cc3c(cc2nc(SCc2nc(-c4cccc(F)c4)no2)n1-c1ccc(F)cc1)OCO3. The summed E-state index contributed by atoms with van der Waals surface area (Å²) in [4.78, 5) is 22.5. The van der Waals surface area contributed by atoms with Crippen LogP contribution in [0.4, 0.5) is 8.78 Å². The highest BCUT2D eigenvalue weighted by molar-refractivity contribution is 7.98. The predicted octanol–water partition coefficient (Wildman–Crippen LogP) is 4.73. The lowest BCUT2D eigenvalue weighted by atomic mass is 10.2. The number of thioether (sulfide) groups is 1. The second kappa shape index (κ2) is 8.51. The minimum absolute atomic E-state index is 0.0597. The Kier molecular flexibility index (Phi) is 5.18. The summed E-state index contributed by atoms with van der Waals surface area (Å²) in [7, 11) is 0. The van der Waals surface area contributed by atoms with Crippen LogP contribution in [0.3, 0.4) is 0 Å². The molecule has 0 unspecified atom stereocenters. The fourth-order valence-corrected chi connectivity index (χ4v) is 4.50. The van der Waals surface area contributed by atoms with Gasteiger partial charge in [0.15, 0.2) is 16.7 Å². The molecule has 35 heavy (non-hydrogen) atoms. The van der Waals surface area contributed by atoms with Gasteiger partial charge in [-0.15, -0.1) is 0 Å². The maximum atomic E-state index is 13.6. The van der Waals surface area contributed by atoms with Gasteiger partial charge in [0.1, 0.15) is 11.6 Å². The molecule has 0 fully saturated rings. The molecular weight excluding hydrogens is 478 g/mol. The van der Waals surface area contributed by atoms with Crippen molar-refractivity contribution in [2.24, 2.45) is 0 Å². The number of hydrogen-bond acceptors (Lipinski definition) is 8. The van der Waals surface area contributed by atoms with E-state index in [1.807, 2.05) is 0 Å². The molecular formula is C24H14F2N4O4S. The van der Waals surface area contributed by atoms with Gasteiger partial charge in [0.2, 0.25) is 18.5 Å². The number of halogens is 2. The summed E-state index contributed by atoms with van der Waals surface area (Å²) in [5.74, 6) is 0.813. The summed E-state index contributed by atoms with van der Waals surface area (Å²) in [6, 6.07) is 14.6. The molecule has 0 aliphatic carbocycles. The first-order valence-corrected chi connectivity index (χ1v) is 11.4. The standard InChI is InChI=1S/C24H14F2N4O4S/c25-14-4-6-16(7-5-14)30-23(31)17-9-19-20(33-12-32-19)10-18(17)27-24(30)35-11-21-28-22(29-34-21)13-2-1-3-15(26)8-13/h1-10H,11-12H2. The van der Waals surface area contributed by atoms with Gasteiger partial charge in [0.05, 0.1) is 22.3 Å². The molecule has 0 amide bonds. The van der Waals surface area contributed by atoms with Gasteiger partial charge in [-0.05, 0) is 42.5 Å². The average molecular weight is 492 g/mol. The average Bonchev–Trinajstić information content (AvgIpc) is 3.52. The quantitative estimate of drug-likeness (QED) is 0.257. The van der Waals surface area contributed by atoms with Gasteiger partial charge in [0.25, 0.3) is 5.56 Å². The van der Waals surface area contributed by atoms with Crippen molar-refractivity contribution in [1.29, 1.82) is 0 Å². The Hall–Kier alpha value is -4.25. The monoisotopic (exact) mass is 492 g/mol. The molecule has 1 aliphatic rings. The maximum Gasteiger partial charge on any atom is 0.266 e. The topological polar surface area (TPSA) is 92.3 Å². The largest absolute Gasteiger partial charge is 0.454 e. The Labute approximate surface area is 200 Å². The van der Waals surface area contributed by atoms with Gasteiger partial charge in [-0.2, -0.15) is 4.98 Å². The predicted molar refractivity (Wildman–Crippen MR) is 123 cm³/mol. The van der Waals surface area contributed by atoms with Gasteiger partial charge in [-0.1, -0.05) is 29.1 Å². The molecule has 0 atom stereocenters. The highest BCUT2D eigenvalue weighted by Gasteiger charge is 2.21.